The Morgan fingerprint density at radius 3 is 2.67 bits per heavy atom. The van der Waals surface area contributed by atoms with Gasteiger partial charge in [0.15, 0.2) is 0 Å². The summed E-state index contributed by atoms with van der Waals surface area (Å²) >= 11 is 0. The average molecular weight is 329 g/mol. The first-order chi connectivity index (χ1) is 11.5. The maximum Gasteiger partial charge on any atom is 0.220 e. The lowest BCUT2D eigenvalue weighted by molar-refractivity contribution is -0.123. The Balaban J connectivity index is 1.59. The van der Waals surface area contributed by atoms with Crippen LogP contribution in [-0.4, -0.2) is 32.0 Å². The third-order valence-corrected chi connectivity index (χ3v) is 4.60. The Morgan fingerprint density at radius 1 is 1.38 bits per heavy atom. The van der Waals surface area contributed by atoms with Gasteiger partial charge in [-0.15, -0.1) is 0 Å². The van der Waals surface area contributed by atoms with Crippen molar-refractivity contribution in [3.63, 3.8) is 0 Å². The number of hydrogen-bond donors (Lipinski definition) is 3. The molecule has 0 unspecified atom stereocenters. The second kappa shape index (κ2) is 7.05. The fraction of sp³-hybridized carbons (Fsp3) is 0.444. The quantitative estimate of drug-likeness (QED) is 0.752. The third kappa shape index (κ3) is 3.94. The number of phenolic OH excluding ortho intramolecular Hbond substituents is 1. The summed E-state index contributed by atoms with van der Waals surface area (Å²) < 4.78 is 1.72. The number of aromatic hydroxyl groups is 1. The number of phenols is 1. The number of aliphatic hydroxyl groups excluding tert-OH is 1. The van der Waals surface area contributed by atoms with E-state index in [1.807, 2.05) is 25.4 Å². The maximum absolute atomic E-state index is 12.3. The molecule has 24 heavy (non-hydrogen) atoms. The van der Waals surface area contributed by atoms with Crippen molar-refractivity contribution >= 4 is 5.91 Å². The van der Waals surface area contributed by atoms with E-state index in [0.29, 0.717) is 25.7 Å². The molecule has 3 rings (SSSR count). The molecular formula is C18H23N3O3. The third-order valence-electron chi connectivity index (χ3n) is 4.60. The second-order valence-corrected chi connectivity index (χ2v) is 6.54. The molecule has 1 saturated carbocycles. The van der Waals surface area contributed by atoms with E-state index in [1.54, 1.807) is 23.0 Å². The number of nitrogens with zero attached hydrogens (tertiary/aromatic N) is 2. The Hall–Kier alpha value is -2.34. The van der Waals surface area contributed by atoms with E-state index < -0.39 is 0 Å². The molecule has 1 heterocycles. The Kier molecular flexibility index (Phi) is 4.85. The van der Waals surface area contributed by atoms with Crippen molar-refractivity contribution in [3.05, 3.63) is 47.8 Å². The number of hydrogen-bond acceptors (Lipinski definition) is 4. The highest BCUT2D eigenvalue weighted by Crippen LogP contribution is 2.38. The zero-order valence-electron chi connectivity index (χ0n) is 13.7. The van der Waals surface area contributed by atoms with Crippen LogP contribution >= 0.6 is 0 Å². The monoisotopic (exact) mass is 329 g/mol. The molecule has 0 radical (unpaired) electrons. The fourth-order valence-corrected chi connectivity index (χ4v) is 3.14. The van der Waals surface area contributed by atoms with Crippen LogP contribution < -0.4 is 5.32 Å². The summed E-state index contributed by atoms with van der Waals surface area (Å²) in [7, 11) is 1.85. The van der Waals surface area contributed by atoms with E-state index in [-0.39, 0.29) is 29.7 Å². The summed E-state index contributed by atoms with van der Waals surface area (Å²) in [4.78, 5) is 12.3. The van der Waals surface area contributed by atoms with Crippen molar-refractivity contribution in [1.82, 2.24) is 15.1 Å². The number of carbonyl (C=O) groups excluding carboxylic acids is 1. The van der Waals surface area contributed by atoms with Crippen molar-refractivity contribution in [2.24, 2.45) is 13.0 Å². The van der Waals surface area contributed by atoms with E-state index >= 15 is 0 Å². The zero-order valence-corrected chi connectivity index (χ0v) is 13.7. The van der Waals surface area contributed by atoms with Crippen LogP contribution in [0.5, 0.6) is 5.75 Å². The van der Waals surface area contributed by atoms with Crippen LogP contribution in [-0.2, 0) is 18.3 Å². The van der Waals surface area contributed by atoms with Gasteiger partial charge in [-0.2, -0.15) is 5.10 Å². The summed E-state index contributed by atoms with van der Waals surface area (Å²) in [5.74, 6) is 0.462. The summed E-state index contributed by atoms with van der Waals surface area (Å²) in [6.07, 6.45) is 5.85. The predicted octanol–water partition coefficient (Wildman–Crippen LogP) is 1.69. The lowest BCUT2D eigenvalue weighted by atomic mass is 9.75. The lowest BCUT2D eigenvalue weighted by Crippen LogP contribution is -2.41. The van der Waals surface area contributed by atoms with Crippen LogP contribution in [0.25, 0.3) is 0 Å². The molecule has 1 aliphatic rings. The Bertz CT molecular complexity index is 690. The molecule has 6 nitrogen and oxygen atoms in total. The molecule has 1 fully saturated rings. The summed E-state index contributed by atoms with van der Waals surface area (Å²) in [6.45, 7) is 0. The first-order valence-corrected chi connectivity index (χ1v) is 8.25. The largest absolute Gasteiger partial charge is 0.508 e. The summed E-state index contributed by atoms with van der Waals surface area (Å²) in [6, 6.07) is 6.80. The minimum Gasteiger partial charge on any atom is -0.508 e. The highest BCUT2D eigenvalue weighted by molar-refractivity contribution is 5.76. The molecule has 3 N–H and O–H groups in total. The number of carbonyl (C=O) groups is 1. The molecule has 1 aromatic carbocycles. The Morgan fingerprint density at radius 2 is 2.08 bits per heavy atom. The van der Waals surface area contributed by atoms with Gasteiger partial charge in [-0.3, -0.25) is 9.48 Å². The number of aliphatic hydroxyl groups is 1. The summed E-state index contributed by atoms with van der Waals surface area (Å²) in [5.41, 5.74) is 1.99. The lowest BCUT2D eigenvalue weighted by Gasteiger charge is -2.37. The zero-order chi connectivity index (χ0) is 17.1. The van der Waals surface area contributed by atoms with E-state index in [1.165, 1.54) is 0 Å². The molecule has 0 aliphatic heterocycles. The highest BCUT2D eigenvalue weighted by Gasteiger charge is 2.36. The number of aromatic nitrogens is 2. The number of rotatable bonds is 6. The SMILES string of the molecule is Cn1cc([C@@H](NC(=O)CCc2ccc(O)cc2)C2CC(O)C2)cn1. The smallest absolute Gasteiger partial charge is 0.220 e. The Labute approximate surface area is 141 Å². The van der Waals surface area contributed by atoms with E-state index in [2.05, 4.69) is 10.4 Å². The normalized spacial score (nSPS) is 21.1. The minimum atomic E-state index is -0.261. The van der Waals surface area contributed by atoms with Gasteiger partial charge in [0.05, 0.1) is 18.3 Å². The highest BCUT2D eigenvalue weighted by atomic mass is 16.3. The molecule has 6 heteroatoms. The van der Waals surface area contributed by atoms with Gasteiger partial charge in [0.1, 0.15) is 5.75 Å². The second-order valence-electron chi connectivity index (χ2n) is 6.54. The standard InChI is InChI=1S/C18H23N3O3/c1-21-11-14(10-19-21)18(13-8-16(23)9-13)20-17(24)7-4-12-2-5-15(22)6-3-12/h2-3,5-6,10-11,13,16,18,22-23H,4,7-9H2,1H3,(H,20,24)/t13?,16?,18-/m0/s1. The van der Waals surface area contributed by atoms with Gasteiger partial charge in [0, 0.05) is 25.2 Å². The number of nitrogens with one attached hydrogen (secondary N) is 1. The number of amides is 1. The molecule has 2 aromatic rings. The molecule has 1 atom stereocenters. The van der Waals surface area contributed by atoms with Crippen LogP contribution in [0.2, 0.25) is 0 Å². The molecule has 1 aromatic heterocycles. The van der Waals surface area contributed by atoms with Crippen molar-refractivity contribution in [1.29, 1.82) is 0 Å². The molecule has 128 valence electrons. The van der Waals surface area contributed by atoms with Crippen LogP contribution in [0.4, 0.5) is 0 Å². The van der Waals surface area contributed by atoms with Gasteiger partial charge in [-0.1, -0.05) is 12.1 Å². The van der Waals surface area contributed by atoms with Gasteiger partial charge in [0.2, 0.25) is 5.91 Å². The van der Waals surface area contributed by atoms with E-state index in [9.17, 15) is 15.0 Å². The van der Waals surface area contributed by atoms with Gasteiger partial charge in [-0.25, -0.2) is 0 Å². The van der Waals surface area contributed by atoms with Gasteiger partial charge in [-0.05, 0) is 42.9 Å². The molecular weight excluding hydrogens is 306 g/mol. The first kappa shape index (κ1) is 16.5. The van der Waals surface area contributed by atoms with Crippen LogP contribution in [0, 0.1) is 5.92 Å². The molecule has 0 spiro atoms. The number of benzene rings is 1. The molecule has 0 saturated heterocycles. The maximum atomic E-state index is 12.3. The van der Waals surface area contributed by atoms with Crippen molar-refractivity contribution in [2.45, 2.75) is 37.8 Å². The predicted molar refractivity (Wildman–Crippen MR) is 89.3 cm³/mol. The van der Waals surface area contributed by atoms with Crippen LogP contribution in [0.1, 0.15) is 36.4 Å². The number of aryl methyl sites for hydroxylation is 2. The van der Waals surface area contributed by atoms with E-state index in [4.69, 9.17) is 0 Å². The van der Waals surface area contributed by atoms with Gasteiger partial charge >= 0.3 is 0 Å². The van der Waals surface area contributed by atoms with Gasteiger partial charge in [0.25, 0.3) is 0 Å². The van der Waals surface area contributed by atoms with E-state index in [0.717, 1.165) is 11.1 Å². The van der Waals surface area contributed by atoms with Crippen molar-refractivity contribution in [3.8, 4) is 5.75 Å². The van der Waals surface area contributed by atoms with Crippen LogP contribution in [0.3, 0.4) is 0 Å². The molecule has 1 amide bonds. The fourth-order valence-electron chi connectivity index (χ4n) is 3.14. The minimum absolute atomic E-state index is 0.0154. The van der Waals surface area contributed by atoms with Crippen LogP contribution in [0.15, 0.2) is 36.7 Å². The van der Waals surface area contributed by atoms with Crippen molar-refractivity contribution in [2.75, 3.05) is 0 Å². The topological polar surface area (TPSA) is 87.4 Å². The summed E-state index contributed by atoms with van der Waals surface area (Å²) in [5, 5.41) is 26.1. The van der Waals surface area contributed by atoms with Gasteiger partial charge < -0.3 is 15.5 Å². The first-order valence-electron chi connectivity index (χ1n) is 8.25. The molecule has 0 bridgehead atoms. The average Bonchev–Trinajstić information content (AvgIpc) is 2.96. The van der Waals surface area contributed by atoms with Crippen molar-refractivity contribution < 1.29 is 15.0 Å². The molecule has 1 aliphatic carbocycles.